The molecular weight excluding hydrogens is 264 g/mol. The van der Waals surface area contributed by atoms with Gasteiger partial charge in [0.2, 0.25) is 0 Å². The first-order chi connectivity index (χ1) is 9.79. The van der Waals surface area contributed by atoms with Gasteiger partial charge in [-0.2, -0.15) is 0 Å². The summed E-state index contributed by atoms with van der Waals surface area (Å²) in [6.07, 6.45) is 3.60. The van der Waals surface area contributed by atoms with Gasteiger partial charge in [0.1, 0.15) is 5.54 Å². The fourth-order valence-electron chi connectivity index (χ4n) is 3.80. The summed E-state index contributed by atoms with van der Waals surface area (Å²) in [6.45, 7) is 14.0. The van der Waals surface area contributed by atoms with Gasteiger partial charge in [0.15, 0.2) is 0 Å². The Morgan fingerprint density at radius 2 is 1.90 bits per heavy atom. The lowest BCUT2D eigenvalue weighted by atomic mass is 9.88. The maximum atomic E-state index is 11.7. The first-order valence-electron chi connectivity index (χ1n) is 8.52. The molecule has 1 rings (SSSR count). The topological polar surface area (TPSA) is 52.6 Å². The molecule has 0 aromatic rings. The lowest BCUT2D eigenvalue weighted by Gasteiger charge is -2.36. The van der Waals surface area contributed by atoms with Crippen LogP contribution in [0.15, 0.2) is 0 Å². The van der Waals surface area contributed by atoms with Crippen LogP contribution >= 0.6 is 0 Å². The third-order valence-electron chi connectivity index (χ3n) is 4.60. The average molecular weight is 298 g/mol. The second-order valence-electron chi connectivity index (χ2n) is 7.35. The zero-order valence-corrected chi connectivity index (χ0v) is 14.5. The van der Waals surface area contributed by atoms with Crippen molar-refractivity contribution in [1.82, 2.24) is 10.2 Å². The predicted molar refractivity (Wildman–Crippen MR) is 87.5 cm³/mol. The van der Waals surface area contributed by atoms with Crippen molar-refractivity contribution in [3.05, 3.63) is 0 Å². The van der Waals surface area contributed by atoms with Crippen molar-refractivity contribution in [2.45, 2.75) is 71.9 Å². The molecule has 0 aromatic heterocycles. The molecule has 1 aliphatic rings. The van der Waals surface area contributed by atoms with Crippen molar-refractivity contribution >= 4 is 5.97 Å². The van der Waals surface area contributed by atoms with Crippen LogP contribution in [0.25, 0.3) is 0 Å². The van der Waals surface area contributed by atoms with E-state index in [1.165, 1.54) is 6.42 Å². The maximum absolute atomic E-state index is 11.7. The van der Waals surface area contributed by atoms with Crippen LogP contribution in [0.5, 0.6) is 0 Å². The van der Waals surface area contributed by atoms with Gasteiger partial charge in [-0.15, -0.1) is 0 Å². The zero-order chi connectivity index (χ0) is 16.0. The van der Waals surface area contributed by atoms with Crippen LogP contribution in [-0.4, -0.2) is 47.2 Å². The second-order valence-corrected chi connectivity index (χ2v) is 7.35. The number of carbonyl (C=O) groups is 1. The van der Waals surface area contributed by atoms with Gasteiger partial charge in [0.05, 0.1) is 0 Å². The molecule has 0 aliphatic carbocycles. The number of hydrogen-bond donors (Lipinski definition) is 2. The molecular formula is C17H34N2O2. The molecule has 0 radical (unpaired) electrons. The highest BCUT2D eigenvalue weighted by molar-refractivity contribution is 5.78. The van der Waals surface area contributed by atoms with E-state index >= 15 is 0 Å². The predicted octanol–water partition coefficient (Wildman–Crippen LogP) is 2.98. The Bertz CT molecular complexity index is 323. The van der Waals surface area contributed by atoms with Crippen LogP contribution in [-0.2, 0) is 4.79 Å². The van der Waals surface area contributed by atoms with E-state index in [1.54, 1.807) is 0 Å². The Kier molecular flexibility index (Phi) is 7.14. The Hall–Kier alpha value is -0.610. The molecule has 0 amide bonds. The molecule has 3 atom stereocenters. The van der Waals surface area contributed by atoms with Crippen LogP contribution in [0.4, 0.5) is 0 Å². The quantitative estimate of drug-likeness (QED) is 0.723. The van der Waals surface area contributed by atoms with Gasteiger partial charge in [-0.05, 0) is 57.9 Å². The van der Waals surface area contributed by atoms with Gasteiger partial charge in [-0.3, -0.25) is 10.1 Å². The number of carboxylic acids is 1. The number of nitrogens with one attached hydrogen (secondary N) is 1. The highest BCUT2D eigenvalue weighted by atomic mass is 16.4. The summed E-state index contributed by atoms with van der Waals surface area (Å²) in [5.74, 6) is 0.815. The minimum Gasteiger partial charge on any atom is -0.480 e. The molecule has 0 spiro atoms. The lowest BCUT2D eigenvalue weighted by molar-refractivity contribution is -0.146. The minimum absolute atomic E-state index is 0.191. The molecule has 1 saturated heterocycles. The van der Waals surface area contributed by atoms with E-state index in [4.69, 9.17) is 0 Å². The Balaban J connectivity index is 2.51. The summed E-state index contributed by atoms with van der Waals surface area (Å²) in [7, 11) is 0. The Morgan fingerprint density at radius 1 is 1.33 bits per heavy atom. The SMILES string of the molecule is CCC(CCCN1CC(C)CC(C)C1)(NC(C)C)C(=O)O. The van der Waals surface area contributed by atoms with Crippen molar-refractivity contribution in [1.29, 1.82) is 0 Å². The molecule has 1 aliphatic heterocycles. The number of hydrogen-bond acceptors (Lipinski definition) is 3. The summed E-state index contributed by atoms with van der Waals surface area (Å²) in [5.41, 5.74) is -0.763. The summed E-state index contributed by atoms with van der Waals surface area (Å²) >= 11 is 0. The average Bonchev–Trinajstić information content (AvgIpc) is 2.35. The first-order valence-corrected chi connectivity index (χ1v) is 8.52. The van der Waals surface area contributed by atoms with Gasteiger partial charge in [-0.25, -0.2) is 0 Å². The van der Waals surface area contributed by atoms with Gasteiger partial charge in [0, 0.05) is 19.1 Å². The molecule has 0 saturated carbocycles. The molecule has 2 N–H and O–H groups in total. The Morgan fingerprint density at radius 3 is 2.33 bits per heavy atom. The number of carboxylic acid groups (broad SMARTS) is 1. The van der Waals surface area contributed by atoms with E-state index < -0.39 is 11.5 Å². The summed E-state index contributed by atoms with van der Waals surface area (Å²) < 4.78 is 0. The molecule has 3 unspecified atom stereocenters. The van der Waals surface area contributed by atoms with Gasteiger partial charge >= 0.3 is 5.97 Å². The Labute approximate surface area is 130 Å². The van der Waals surface area contributed by atoms with Crippen molar-refractivity contribution in [2.75, 3.05) is 19.6 Å². The van der Waals surface area contributed by atoms with Crippen LogP contribution in [0.1, 0.15) is 60.3 Å². The highest BCUT2D eigenvalue weighted by Crippen LogP contribution is 2.23. The normalized spacial score (nSPS) is 26.8. The second kappa shape index (κ2) is 8.14. The van der Waals surface area contributed by atoms with Crippen LogP contribution in [0.2, 0.25) is 0 Å². The summed E-state index contributed by atoms with van der Waals surface area (Å²) in [5, 5.41) is 12.9. The molecule has 124 valence electrons. The molecule has 0 bridgehead atoms. The lowest BCUT2D eigenvalue weighted by Crippen LogP contribution is -2.54. The fourth-order valence-corrected chi connectivity index (χ4v) is 3.80. The molecule has 0 aromatic carbocycles. The number of aliphatic carboxylic acids is 1. The number of piperidine rings is 1. The van der Waals surface area contributed by atoms with E-state index in [0.29, 0.717) is 12.8 Å². The van der Waals surface area contributed by atoms with Crippen molar-refractivity contribution in [3.63, 3.8) is 0 Å². The van der Waals surface area contributed by atoms with E-state index in [9.17, 15) is 9.90 Å². The molecule has 21 heavy (non-hydrogen) atoms. The maximum Gasteiger partial charge on any atom is 0.323 e. The molecule has 4 heteroatoms. The molecule has 1 fully saturated rings. The highest BCUT2D eigenvalue weighted by Gasteiger charge is 2.36. The zero-order valence-electron chi connectivity index (χ0n) is 14.5. The smallest absolute Gasteiger partial charge is 0.323 e. The summed E-state index contributed by atoms with van der Waals surface area (Å²) in [6, 6.07) is 0.191. The third kappa shape index (κ3) is 5.59. The molecule has 4 nitrogen and oxygen atoms in total. The first kappa shape index (κ1) is 18.4. The molecule has 1 heterocycles. The fraction of sp³-hybridized carbons (Fsp3) is 0.941. The van der Waals surface area contributed by atoms with Crippen molar-refractivity contribution in [2.24, 2.45) is 11.8 Å². The van der Waals surface area contributed by atoms with Crippen LogP contribution < -0.4 is 5.32 Å². The minimum atomic E-state index is -0.763. The van der Waals surface area contributed by atoms with Crippen molar-refractivity contribution < 1.29 is 9.90 Å². The van der Waals surface area contributed by atoms with Gasteiger partial charge < -0.3 is 10.0 Å². The summed E-state index contributed by atoms with van der Waals surface area (Å²) in [4.78, 5) is 14.2. The monoisotopic (exact) mass is 298 g/mol. The number of nitrogens with zero attached hydrogens (tertiary/aromatic N) is 1. The number of rotatable bonds is 8. The van der Waals surface area contributed by atoms with Crippen LogP contribution in [0.3, 0.4) is 0 Å². The van der Waals surface area contributed by atoms with Gasteiger partial charge in [-0.1, -0.05) is 20.8 Å². The van der Waals surface area contributed by atoms with E-state index in [2.05, 4.69) is 24.1 Å². The van der Waals surface area contributed by atoms with Crippen LogP contribution in [0, 0.1) is 11.8 Å². The third-order valence-corrected chi connectivity index (χ3v) is 4.60. The largest absolute Gasteiger partial charge is 0.480 e. The standard InChI is InChI=1S/C17H34N2O2/c1-6-17(16(20)21,18-13(2)3)8-7-9-19-11-14(4)10-15(5)12-19/h13-15,18H,6-12H2,1-5H3,(H,20,21). The van der Waals surface area contributed by atoms with E-state index in [-0.39, 0.29) is 6.04 Å². The van der Waals surface area contributed by atoms with Crippen molar-refractivity contribution in [3.8, 4) is 0 Å². The number of likely N-dealkylation sites (tertiary alicyclic amines) is 1. The van der Waals surface area contributed by atoms with E-state index in [1.807, 2.05) is 20.8 Å². The van der Waals surface area contributed by atoms with E-state index in [0.717, 1.165) is 37.9 Å². The van der Waals surface area contributed by atoms with Gasteiger partial charge in [0.25, 0.3) is 0 Å².